The fourth-order valence-corrected chi connectivity index (χ4v) is 24.9. The van der Waals surface area contributed by atoms with Gasteiger partial charge in [-0.3, -0.25) is 18.7 Å². The summed E-state index contributed by atoms with van der Waals surface area (Å²) in [6, 6.07) is 22.3. The normalized spacial score (nSPS) is 17.9. The molecular formula is C22H35N4P3. The predicted molar refractivity (Wildman–Crippen MR) is 139 cm³/mol. The molecule has 0 radical (unpaired) electrons. The Morgan fingerprint density at radius 1 is 0.552 bits per heavy atom. The Morgan fingerprint density at radius 2 is 0.931 bits per heavy atom. The van der Waals surface area contributed by atoms with E-state index in [2.05, 4.69) is 141 Å². The molecule has 1 aliphatic heterocycles. The Hall–Kier alpha value is -0.690. The Labute approximate surface area is 179 Å². The average Bonchev–Trinajstić information content (AvgIpc) is 2.66. The van der Waals surface area contributed by atoms with Crippen LogP contribution in [0.5, 0.6) is 0 Å². The van der Waals surface area contributed by atoms with Crippen molar-refractivity contribution < 1.29 is 0 Å². The molecule has 1 heterocycles. The summed E-state index contributed by atoms with van der Waals surface area (Å²) >= 11 is 0. The van der Waals surface area contributed by atoms with E-state index in [0.717, 1.165) is 0 Å². The summed E-state index contributed by atoms with van der Waals surface area (Å²) in [5.41, 5.74) is 2.72. The highest BCUT2D eigenvalue weighted by atomic mass is 31.3. The maximum Gasteiger partial charge on any atom is 0.0502 e. The van der Waals surface area contributed by atoms with Crippen molar-refractivity contribution in [2.75, 3.05) is 56.4 Å². The van der Waals surface area contributed by atoms with Gasteiger partial charge in [0.2, 0.25) is 0 Å². The molecule has 0 N–H and O–H groups in total. The molecule has 3 rings (SSSR count). The predicted octanol–water partition coefficient (Wildman–Crippen LogP) is 3.92. The molecule has 0 atom stereocenters. The third-order valence-electron chi connectivity index (χ3n) is 5.58. The highest BCUT2D eigenvalue weighted by Crippen LogP contribution is 2.81. The van der Waals surface area contributed by atoms with E-state index in [1.165, 1.54) is 10.6 Å². The molecule has 0 aromatic heterocycles. The molecule has 158 valence electrons. The summed E-state index contributed by atoms with van der Waals surface area (Å²) in [6.45, 7) is 0. The molecule has 0 amide bonds. The van der Waals surface area contributed by atoms with E-state index < -0.39 is 22.3 Å². The molecule has 0 unspecified atom stereocenters. The largest absolute Gasteiger partial charge is 0.274 e. The molecule has 0 spiro atoms. The van der Waals surface area contributed by atoms with Crippen LogP contribution >= 0.6 is 22.3 Å². The lowest BCUT2D eigenvalue weighted by molar-refractivity contribution is 0.571. The molecule has 2 aromatic carbocycles. The first-order valence-electron chi connectivity index (χ1n) is 9.83. The van der Waals surface area contributed by atoms with E-state index in [0.29, 0.717) is 0 Å². The molecular weight excluding hydrogens is 413 g/mol. The van der Waals surface area contributed by atoms with Gasteiger partial charge in [-0.25, -0.2) is 0 Å². The molecule has 0 fully saturated rings. The number of rotatable bonds is 7. The maximum absolute atomic E-state index is 2.72. The lowest BCUT2D eigenvalue weighted by Gasteiger charge is -2.57. The lowest BCUT2D eigenvalue weighted by Crippen LogP contribution is -2.42. The average molecular weight is 448 g/mol. The summed E-state index contributed by atoms with van der Waals surface area (Å²) < 4.78 is 11.7. The van der Waals surface area contributed by atoms with Crippen molar-refractivity contribution in [2.45, 2.75) is 0 Å². The van der Waals surface area contributed by atoms with Crippen LogP contribution in [0.15, 0.2) is 60.7 Å². The number of benzene rings is 2. The minimum absolute atomic E-state index is 0.613. The van der Waals surface area contributed by atoms with Crippen LogP contribution in [0.1, 0.15) is 0 Å². The van der Waals surface area contributed by atoms with E-state index in [-0.39, 0.29) is 0 Å². The molecule has 2 aromatic rings. The molecule has 0 saturated heterocycles. The number of hydrogen-bond donors (Lipinski definition) is 0. The topological polar surface area (TPSA) is 13.0 Å². The van der Waals surface area contributed by atoms with E-state index in [9.17, 15) is 0 Å². The molecule has 0 aliphatic carbocycles. The zero-order valence-corrected chi connectivity index (χ0v) is 21.7. The van der Waals surface area contributed by atoms with E-state index in [1.54, 1.807) is 4.78 Å². The Kier molecular flexibility index (Phi) is 6.99. The van der Waals surface area contributed by atoms with Crippen molar-refractivity contribution in [3.63, 3.8) is 0 Å². The van der Waals surface area contributed by atoms with Crippen LogP contribution in [0.2, 0.25) is 0 Å². The molecule has 7 heteroatoms. The van der Waals surface area contributed by atoms with Gasteiger partial charge in [0.1, 0.15) is 0 Å². The second-order valence-electron chi connectivity index (χ2n) is 8.11. The zero-order valence-electron chi connectivity index (χ0n) is 19.0. The molecule has 0 bridgehead atoms. The standard InChI is InChI=1S/C22H35N4P3/c1-23(2)28(24(3)4)19-29(25(5)6,26(7)8)22(28)27(20-15-11-9-12-16-20)21-17-13-10-14-18-21/h9-19H,1-8H3. The van der Waals surface area contributed by atoms with Crippen LogP contribution in [0.3, 0.4) is 0 Å². The second kappa shape index (κ2) is 8.81. The SMILES string of the molecule is CN(C)P1(N(C)C)=CP(N(C)C)(N(C)C)=C1P(c1ccccc1)c1ccccc1. The van der Waals surface area contributed by atoms with Crippen LogP contribution in [-0.2, 0) is 0 Å². The van der Waals surface area contributed by atoms with Gasteiger partial charge >= 0.3 is 0 Å². The first-order valence-corrected chi connectivity index (χ1v) is 14.7. The van der Waals surface area contributed by atoms with Crippen LogP contribution in [0.25, 0.3) is 0 Å². The summed E-state index contributed by atoms with van der Waals surface area (Å²) in [5.74, 6) is 0. The minimum Gasteiger partial charge on any atom is -0.274 e. The fourth-order valence-electron chi connectivity index (χ4n) is 4.16. The minimum atomic E-state index is -1.69. The summed E-state index contributed by atoms with van der Waals surface area (Å²) in [4.78, 5) is 0. The van der Waals surface area contributed by atoms with Crippen molar-refractivity contribution in [3.8, 4) is 0 Å². The number of hydrogen-bond acceptors (Lipinski definition) is 4. The van der Waals surface area contributed by atoms with Gasteiger partial charge in [-0.2, -0.15) is 0 Å². The Morgan fingerprint density at radius 3 is 1.24 bits per heavy atom. The van der Waals surface area contributed by atoms with Gasteiger partial charge in [0.15, 0.2) is 0 Å². The Bertz CT molecular complexity index is 887. The van der Waals surface area contributed by atoms with Crippen molar-refractivity contribution in [2.24, 2.45) is 0 Å². The Balaban J connectivity index is 2.43. The van der Waals surface area contributed by atoms with Gasteiger partial charge < -0.3 is 0 Å². The van der Waals surface area contributed by atoms with Gasteiger partial charge in [-0.1, -0.05) is 60.7 Å². The van der Waals surface area contributed by atoms with Crippen LogP contribution in [-0.4, -0.2) is 85.4 Å². The smallest absolute Gasteiger partial charge is 0.0502 e. The zero-order chi connectivity index (χ0) is 21.4. The van der Waals surface area contributed by atoms with Crippen molar-refractivity contribution in [3.05, 3.63) is 60.7 Å². The van der Waals surface area contributed by atoms with Gasteiger partial charge in [0.25, 0.3) is 0 Å². The summed E-state index contributed by atoms with van der Waals surface area (Å²) in [7, 11) is 14.1. The number of nitrogens with zero attached hydrogens (tertiary/aromatic N) is 4. The van der Waals surface area contributed by atoms with E-state index in [1.807, 2.05) is 0 Å². The molecule has 0 saturated carbocycles. The van der Waals surface area contributed by atoms with Crippen LogP contribution in [0.4, 0.5) is 0 Å². The second-order valence-corrected chi connectivity index (χ2v) is 18.9. The third-order valence-corrected chi connectivity index (χ3v) is 21.0. The first kappa shape index (κ1) is 23.0. The highest BCUT2D eigenvalue weighted by Gasteiger charge is 2.50. The molecule has 29 heavy (non-hydrogen) atoms. The lowest BCUT2D eigenvalue weighted by atomic mass is 10.4. The van der Waals surface area contributed by atoms with Gasteiger partial charge in [0, 0.05) is 4.78 Å². The third kappa shape index (κ3) is 3.64. The van der Waals surface area contributed by atoms with Gasteiger partial charge in [-0.05, 0) is 80.4 Å². The molecule has 1 aliphatic rings. The van der Waals surface area contributed by atoms with Crippen LogP contribution < -0.4 is 10.6 Å². The fraction of sp³-hybridized carbons (Fsp3) is 0.364. The summed E-state index contributed by atoms with van der Waals surface area (Å²) in [5, 5.41) is 2.89. The maximum atomic E-state index is 2.72. The van der Waals surface area contributed by atoms with E-state index in [4.69, 9.17) is 0 Å². The quantitative estimate of drug-likeness (QED) is 0.596. The molecule has 4 nitrogen and oxygen atoms in total. The van der Waals surface area contributed by atoms with Crippen molar-refractivity contribution >= 4 is 43.2 Å². The van der Waals surface area contributed by atoms with Gasteiger partial charge in [0.05, 0.1) is 14.4 Å². The van der Waals surface area contributed by atoms with Crippen molar-refractivity contribution in [1.29, 1.82) is 0 Å². The van der Waals surface area contributed by atoms with Gasteiger partial charge in [-0.15, -0.1) is 0 Å². The monoisotopic (exact) mass is 448 g/mol. The van der Waals surface area contributed by atoms with Crippen molar-refractivity contribution in [1.82, 2.24) is 18.7 Å². The van der Waals surface area contributed by atoms with E-state index >= 15 is 0 Å². The highest BCUT2D eigenvalue weighted by molar-refractivity contribution is 8.34. The first-order chi connectivity index (χ1) is 13.7. The van der Waals surface area contributed by atoms with Crippen LogP contribution in [0, 0.1) is 0 Å². The summed E-state index contributed by atoms with van der Waals surface area (Å²) in [6.07, 6.45) is 0.